The Morgan fingerprint density at radius 2 is 1.92 bits per heavy atom. The van der Waals surface area contributed by atoms with Crippen molar-refractivity contribution in [3.05, 3.63) is 0 Å². The SMILES string of the molecule is N#CCC(=O)NC(C1CC1)C1CC1. The Balaban J connectivity index is 1.82. The second kappa shape index (κ2) is 3.37. The van der Waals surface area contributed by atoms with Crippen LogP contribution in [-0.2, 0) is 4.79 Å². The van der Waals surface area contributed by atoms with Crippen molar-refractivity contribution in [1.82, 2.24) is 5.32 Å². The van der Waals surface area contributed by atoms with E-state index in [1.807, 2.05) is 6.07 Å². The molecule has 0 bridgehead atoms. The fourth-order valence-corrected chi connectivity index (χ4v) is 1.84. The summed E-state index contributed by atoms with van der Waals surface area (Å²) in [4.78, 5) is 11.2. The summed E-state index contributed by atoms with van der Waals surface area (Å²) in [5.41, 5.74) is 0. The Hall–Kier alpha value is -1.04. The maximum Gasteiger partial charge on any atom is 0.234 e. The van der Waals surface area contributed by atoms with Crippen LogP contribution in [0.2, 0.25) is 0 Å². The molecule has 0 atom stereocenters. The summed E-state index contributed by atoms with van der Waals surface area (Å²) < 4.78 is 0. The highest BCUT2D eigenvalue weighted by Gasteiger charge is 2.41. The molecular formula is C10H14N2O. The van der Waals surface area contributed by atoms with Crippen molar-refractivity contribution in [2.45, 2.75) is 38.1 Å². The molecule has 2 aliphatic rings. The van der Waals surface area contributed by atoms with E-state index in [0.717, 1.165) is 11.8 Å². The van der Waals surface area contributed by atoms with Gasteiger partial charge < -0.3 is 5.32 Å². The van der Waals surface area contributed by atoms with Gasteiger partial charge in [0.15, 0.2) is 0 Å². The summed E-state index contributed by atoms with van der Waals surface area (Å²) >= 11 is 0. The lowest BCUT2D eigenvalue weighted by Gasteiger charge is -2.16. The molecule has 0 radical (unpaired) electrons. The predicted molar refractivity (Wildman–Crippen MR) is 47.6 cm³/mol. The van der Waals surface area contributed by atoms with Crippen LogP contribution < -0.4 is 5.32 Å². The maximum absolute atomic E-state index is 11.2. The van der Waals surface area contributed by atoms with Crippen LogP contribution in [0.25, 0.3) is 0 Å². The molecule has 3 heteroatoms. The molecule has 2 rings (SSSR count). The molecule has 2 saturated carbocycles. The molecule has 1 N–H and O–H groups in total. The van der Waals surface area contributed by atoms with Crippen molar-refractivity contribution in [3.63, 3.8) is 0 Å². The monoisotopic (exact) mass is 178 g/mol. The Bertz CT molecular complexity index is 236. The first kappa shape index (κ1) is 8.55. The Labute approximate surface area is 78.1 Å². The maximum atomic E-state index is 11.2. The lowest BCUT2D eigenvalue weighted by atomic mass is 10.1. The normalized spacial score (nSPS) is 21.2. The minimum absolute atomic E-state index is 0.00986. The zero-order chi connectivity index (χ0) is 9.26. The number of nitriles is 1. The summed E-state index contributed by atoms with van der Waals surface area (Å²) in [5, 5.41) is 11.3. The molecule has 0 heterocycles. The molecule has 2 fully saturated rings. The van der Waals surface area contributed by atoms with Gasteiger partial charge in [-0.1, -0.05) is 0 Å². The van der Waals surface area contributed by atoms with Gasteiger partial charge in [0.1, 0.15) is 6.42 Å². The minimum Gasteiger partial charge on any atom is -0.352 e. The first-order valence-electron chi connectivity index (χ1n) is 4.97. The van der Waals surface area contributed by atoms with E-state index < -0.39 is 0 Å². The molecule has 13 heavy (non-hydrogen) atoms. The van der Waals surface area contributed by atoms with E-state index in [-0.39, 0.29) is 12.3 Å². The van der Waals surface area contributed by atoms with Gasteiger partial charge >= 0.3 is 0 Å². The summed E-state index contributed by atoms with van der Waals surface area (Å²) in [6.45, 7) is 0. The summed E-state index contributed by atoms with van der Waals surface area (Å²) in [6, 6.07) is 2.27. The standard InChI is InChI=1S/C10H14N2O/c11-6-5-9(13)12-10(7-1-2-7)8-3-4-8/h7-8,10H,1-5H2,(H,12,13). The number of carbonyl (C=O) groups excluding carboxylic acids is 1. The van der Waals surface area contributed by atoms with Gasteiger partial charge in [0.25, 0.3) is 0 Å². The van der Waals surface area contributed by atoms with Gasteiger partial charge in [-0.15, -0.1) is 0 Å². The average Bonchev–Trinajstić information content (AvgIpc) is 2.95. The van der Waals surface area contributed by atoms with Crippen LogP contribution >= 0.6 is 0 Å². The number of hydrogen-bond acceptors (Lipinski definition) is 2. The largest absolute Gasteiger partial charge is 0.352 e. The second-order valence-corrected chi connectivity index (χ2v) is 4.10. The molecule has 0 spiro atoms. The molecule has 0 aromatic rings. The Morgan fingerprint density at radius 1 is 1.38 bits per heavy atom. The number of nitrogens with zero attached hydrogens (tertiary/aromatic N) is 1. The highest BCUT2D eigenvalue weighted by molar-refractivity contribution is 5.78. The zero-order valence-corrected chi connectivity index (χ0v) is 7.62. The van der Waals surface area contributed by atoms with Gasteiger partial charge in [-0.2, -0.15) is 5.26 Å². The van der Waals surface area contributed by atoms with E-state index >= 15 is 0 Å². The lowest BCUT2D eigenvalue weighted by Crippen LogP contribution is -2.37. The van der Waals surface area contributed by atoms with Gasteiger partial charge in [0.05, 0.1) is 6.07 Å². The first-order chi connectivity index (χ1) is 6.31. The molecule has 0 aliphatic heterocycles. The molecule has 0 aromatic heterocycles. The number of rotatable bonds is 4. The van der Waals surface area contributed by atoms with Crippen LogP contribution in [-0.4, -0.2) is 11.9 Å². The van der Waals surface area contributed by atoms with Crippen molar-refractivity contribution < 1.29 is 4.79 Å². The van der Waals surface area contributed by atoms with Crippen LogP contribution in [0.4, 0.5) is 0 Å². The first-order valence-corrected chi connectivity index (χ1v) is 4.97. The van der Waals surface area contributed by atoms with Crippen LogP contribution in [0.5, 0.6) is 0 Å². The molecule has 70 valence electrons. The van der Waals surface area contributed by atoms with Crippen molar-refractivity contribution >= 4 is 5.91 Å². The van der Waals surface area contributed by atoms with Gasteiger partial charge in [-0.25, -0.2) is 0 Å². The number of nitrogens with one attached hydrogen (secondary N) is 1. The number of hydrogen-bond donors (Lipinski definition) is 1. The fourth-order valence-electron chi connectivity index (χ4n) is 1.84. The van der Waals surface area contributed by atoms with E-state index in [4.69, 9.17) is 5.26 Å². The fraction of sp³-hybridized carbons (Fsp3) is 0.800. The second-order valence-electron chi connectivity index (χ2n) is 4.10. The van der Waals surface area contributed by atoms with E-state index in [2.05, 4.69) is 5.32 Å². The third-order valence-corrected chi connectivity index (χ3v) is 2.83. The van der Waals surface area contributed by atoms with Crippen molar-refractivity contribution in [2.75, 3.05) is 0 Å². The molecular weight excluding hydrogens is 164 g/mol. The summed E-state index contributed by atoms with van der Waals surface area (Å²) in [6.07, 6.45) is 5.04. The Morgan fingerprint density at radius 3 is 2.31 bits per heavy atom. The van der Waals surface area contributed by atoms with E-state index in [0.29, 0.717) is 6.04 Å². The smallest absolute Gasteiger partial charge is 0.234 e. The molecule has 0 aromatic carbocycles. The molecule has 0 saturated heterocycles. The Kier molecular flexibility index (Phi) is 2.22. The zero-order valence-electron chi connectivity index (χ0n) is 7.62. The quantitative estimate of drug-likeness (QED) is 0.703. The highest BCUT2D eigenvalue weighted by atomic mass is 16.1. The van der Waals surface area contributed by atoms with Crippen LogP contribution in [0.15, 0.2) is 0 Å². The van der Waals surface area contributed by atoms with Crippen LogP contribution in [0.3, 0.4) is 0 Å². The number of carbonyl (C=O) groups is 1. The van der Waals surface area contributed by atoms with Gasteiger partial charge in [-0.3, -0.25) is 4.79 Å². The van der Waals surface area contributed by atoms with E-state index in [9.17, 15) is 4.79 Å². The molecule has 2 aliphatic carbocycles. The van der Waals surface area contributed by atoms with Gasteiger partial charge in [-0.05, 0) is 37.5 Å². The molecule has 3 nitrogen and oxygen atoms in total. The summed E-state index contributed by atoms with van der Waals surface area (Å²) in [5.74, 6) is 1.34. The minimum atomic E-state index is -0.0914. The van der Waals surface area contributed by atoms with Crippen molar-refractivity contribution in [3.8, 4) is 6.07 Å². The molecule has 0 unspecified atom stereocenters. The topological polar surface area (TPSA) is 52.9 Å². The predicted octanol–water partition coefficient (Wildman–Crippen LogP) is 1.20. The van der Waals surface area contributed by atoms with E-state index in [1.54, 1.807) is 0 Å². The van der Waals surface area contributed by atoms with Gasteiger partial charge in [0, 0.05) is 6.04 Å². The lowest BCUT2D eigenvalue weighted by molar-refractivity contribution is -0.121. The number of amides is 1. The average molecular weight is 178 g/mol. The van der Waals surface area contributed by atoms with Gasteiger partial charge in [0.2, 0.25) is 5.91 Å². The van der Waals surface area contributed by atoms with Crippen molar-refractivity contribution in [2.24, 2.45) is 11.8 Å². The van der Waals surface area contributed by atoms with Crippen LogP contribution in [0.1, 0.15) is 32.1 Å². The van der Waals surface area contributed by atoms with E-state index in [1.165, 1.54) is 25.7 Å². The van der Waals surface area contributed by atoms with Crippen molar-refractivity contribution in [1.29, 1.82) is 5.26 Å². The third-order valence-electron chi connectivity index (χ3n) is 2.83. The third kappa shape index (κ3) is 2.21. The highest BCUT2D eigenvalue weighted by Crippen LogP contribution is 2.44. The van der Waals surface area contributed by atoms with Crippen LogP contribution in [0, 0.1) is 23.2 Å². The summed E-state index contributed by atoms with van der Waals surface area (Å²) in [7, 11) is 0. The molecule has 1 amide bonds.